The minimum atomic E-state index is -0.316. The summed E-state index contributed by atoms with van der Waals surface area (Å²) >= 11 is 0. The van der Waals surface area contributed by atoms with E-state index in [2.05, 4.69) is 34.7 Å². The molecule has 2 aliphatic rings. The average molecular weight is 445 g/mol. The molecule has 2 aliphatic heterocycles. The number of hydrogen-bond acceptors (Lipinski definition) is 4. The van der Waals surface area contributed by atoms with Gasteiger partial charge >= 0.3 is 0 Å². The highest BCUT2D eigenvalue weighted by molar-refractivity contribution is 6.30. The molecular weight excluding hydrogens is 416 g/mol. The first-order chi connectivity index (χ1) is 16.0. The molecule has 0 bridgehead atoms. The van der Waals surface area contributed by atoms with E-state index in [-0.39, 0.29) is 23.9 Å². The zero-order valence-electron chi connectivity index (χ0n) is 19.1. The van der Waals surface area contributed by atoms with Gasteiger partial charge in [0.15, 0.2) is 0 Å². The summed E-state index contributed by atoms with van der Waals surface area (Å²) in [7, 11) is 0. The van der Waals surface area contributed by atoms with E-state index < -0.39 is 0 Å². The van der Waals surface area contributed by atoms with Crippen molar-refractivity contribution in [2.45, 2.75) is 33.4 Å². The lowest BCUT2D eigenvalue weighted by Gasteiger charge is -2.29. The summed E-state index contributed by atoms with van der Waals surface area (Å²) in [6.45, 7) is 7.90. The van der Waals surface area contributed by atoms with Gasteiger partial charge in [0.1, 0.15) is 0 Å². The number of rotatable bonds is 8. The van der Waals surface area contributed by atoms with Crippen LogP contribution in [0.3, 0.4) is 0 Å². The van der Waals surface area contributed by atoms with Crippen LogP contribution >= 0.6 is 0 Å². The van der Waals surface area contributed by atoms with Crippen LogP contribution < -0.4 is 16.0 Å². The molecule has 3 amide bonds. The van der Waals surface area contributed by atoms with Crippen molar-refractivity contribution in [3.05, 3.63) is 82.4 Å². The Bertz CT molecular complexity index is 1150. The molecule has 0 fully saturated rings. The monoisotopic (exact) mass is 444 g/mol. The maximum atomic E-state index is 12.8. The van der Waals surface area contributed by atoms with Gasteiger partial charge in [-0.2, -0.15) is 0 Å². The third-order valence-electron chi connectivity index (χ3n) is 6.12. The second-order valence-corrected chi connectivity index (χ2v) is 7.97. The molecule has 0 spiro atoms. The van der Waals surface area contributed by atoms with E-state index in [4.69, 9.17) is 0 Å². The highest BCUT2D eigenvalue weighted by Gasteiger charge is 2.40. The van der Waals surface area contributed by atoms with Gasteiger partial charge in [-0.25, -0.2) is 0 Å². The molecule has 1 atom stereocenters. The standard InChI is InChI=1S/C26H28N4O3/c1-4-19(30(5-2)6-3)27-24(31)18-14-12-17(13-15-18)23-21-20(25(32)29-23)22(28-26(21)33)16-10-8-7-9-11-16/h7-15,19H,4-6H2,1-3H3,(H,27,31)(H,28,33)(H,29,32). The summed E-state index contributed by atoms with van der Waals surface area (Å²) < 4.78 is 0. The topological polar surface area (TPSA) is 90.5 Å². The quantitative estimate of drug-likeness (QED) is 0.546. The molecule has 2 aromatic carbocycles. The van der Waals surface area contributed by atoms with Gasteiger partial charge in [0.05, 0.1) is 28.7 Å². The molecule has 7 heteroatoms. The zero-order chi connectivity index (χ0) is 23.5. The Morgan fingerprint density at radius 1 is 0.818 bits per heavy atom. The molecule has 0 saturated carbocycles. The Balaban J connectivity index is 1.61. The van der Waals surface area contributed by atoms with Crippen molar-refractivity contribution in [1.82, 2.24) is 20.9 Å². The fourth-order valence-electron chi connectivity index (χ4n) is 4.36. The molecule has 0 radical (unpaired) electrons. The van der Waals surface area contributed by atoms with E-state index in [1.165, 1.54) is 0 Å². The van der Waals surface area contributed by atoms with Crippen molar-refractivity contribution in [2.75, 3.05) is 13.1 Å². The van der Waals surface area contributed by atoms with Crippen LogP contribution in [-0.2, 0) is 9.59 Å². The number of carbonyl (C=O) groups is 3. The van der Waals surface area contributed by atoms with Crippen molar-refractivity contribution < 1.29 is 14.4 Å². The fourth-order valence-corrected chi connectivity index (χ4v) is 4.36. The molecular formula is C26H28N4O3. The maximum Gasteiger partial charge on any atom is 0.258 e. The number of amides is 3. The smallest absolute Gasteiger partial charge is 0.258 e. The van der Waals surface area contributed by atoms with E-state index >= 15 is 0 Å². The Kier molecular flexibility index (Phi) is 6.42. The number of nitrogens with zero attached hydrogens (tertiary/aromatic N) is 1. The molecule has 0 saturated heterocycles. The van der Waals surface area contributed by atoms with Crippen molar-refractivity contribution >= 4 is 29.1 Å². The van der Waals surface area contributed by atoms with Crippen LogP contribution in [0, 0.1) is 0 Å². The van der Waals surface area contributed by atoms with Gasteiger partial charge in [-0.05, 0) is 42.8 Å². The minimum Gasteiger partial charge on any atom is -0.337 e. The first-order valence-corrected chi connectivity index (χ1v) is 11.3. The van der Waals surface area contributed by atoms with Crippen LogP contribution in [0.1, 0.15) is 48.7 Å². The summed E-state index contributed by atoms with van der Waals surface area (Å²) in [5.74, 6) is -0.785. The van der Waals surface area contributed by atoms with Crippen LogP contribution in [0.15, 0.2) is 65.7 Å². The maximum absolute atomic E-state index is 12.8. The Labute approximate surface area is 193 Å². The van der Waals surface area contributed by atoms with Crippen LogP contribution in [0.2, 0.25) is 0 Å². The number of benzene rings is 2. The molecule has 2 heterocycles. The average Bonchev–Trinajstić information content (AvgIpc) is 3.37. The van der Waals surface area contributed by atoms with Gasteiger partial charge in [0.2, 0.25) is 0 Å². The van der Waals surface area contributed by atoms with Crippen LogP contribution in [0.4, 0.5) is 0 Å². The lowest BCUT2D eigenvalue weighted by Crippen LogP contribution is -2.47. The first kappa shape index (κ1) is 22.5. The van der Waals surface area contributed by atoms with Crippen molar-refractivity contribution in [3.63, 3.8) is 0 Å². The molecule has 1 unspecified atom stereocenters. The van der Waals surface area contributed by atoms with Crippen LogP contribution in [0.25, 0.3) is 11.4 Å². The predicted octanol–water partition coefficient (Wildman–Crippen LogP) is 2.88. The zero-order valence-corrected chi connectivity index (χ0v) is 19.1. The minimum absolute atomic E-state index is 0.0301. The number of hydrogen-bond donors (Lipinski definition) is 3. The molecule has 170 valence electrons. The summed E-state index contributed by atoms with van der Waals surface area (Å²) in [5, 5.41) is 8.75. The Morgan fingerprint density at radius 2 is 1.33 bits per heavy atom. The van der Waals surface area contributed by atoms with Gasteiger partial charge in [-0.1, -0.05) is 63.2 Å². The van der Waals surface area contributed by atoms with Gasteiger partial charge < -0.3 is 16.0 Å². The van der Waals surface area contributed by atoms with E-state index in [1.807, 2.05) is 37.3 Å². The van der Waals surface area contributed by atoms with Crippen molar-refractivity contribution in [2.24, 2.45) is 0 Å². The lowest BCUT2D eigenvalue weighted by atomic mass is 10.0. The molecule has 0 aliphatic carbocycles. The third-order valence-corrected chi connectivity index (χ3v) is 6.12. The normalized spacial score (nSPS) is 16.1. The first-order valence-electron chi connectivity index (χ1n) is 11.3. The fraction of sp³-hybridized carbons (Fsp3) is 0.269. The van der Waals surface area contributed by atoms with E-state index in [0.717, 1.165) is 25.1 Å². The lowest BCUT2D eigenvalue weighted by molar-refractivity contribution is -0.117. The molecule has 2 aromatic rings. The van der Waals surface area contributed by atoms with Crippen LogP contribution in [-0.4, -0.2) is 41.9 Å². The SMILES string of the molecule is CCC(NC(=O)c1ccc(C2=C3C(=O)NC(c4ccccc4)=C3C(=O)N2)cc1)N(CC)CC. The van der Waals surface area contributed by atoms with Crippen LogP contribution in [0.5, 0.6) is 0 Å². The van der Waals surface area contributed by atoms with Gasteiger partial charge in [0.25, 0.3) is 17.7 Å². The Morgan fingerprint density at radius 3 is 1.82 bits per heavy atom. The summed E-state index contributed by atoms with van der Waals surface area (Å²) in [4.78, 5) is 40.5. The summed E-state index contributed by atoms with van der Waals surface area (Å²) in [6.07, 6.45) is 0.777. The molecule has 0 aromatic heterocycles. The van der Waals surface area contributed by atoms with E-state index in [9.17, 15) is 14.4 Å². The largest absolute Gasteiger partial charge is 0.337 e. The highest BCUT2D eigenvalue weighted by atomic mass is 16.2. The van der Waals surface area contributed by atoms with Gasteiger partial charge in [0, 0.05) is 5.56 Å². The molecule has 33 heavy (non-hydrogen) atoms. The molecule has 7 nitrogen and oxygen atoms in total. The highest BCUT2D eigenvalue weighted by Crippen LogP contribution is 2.37. The van der Waals surface area contributed by atoms with Gasteiger partial charge in [-0.3, -0.25) is 19.3 Å². The predicted molar refractivity (Wildman–Crippen MR) is 127 cm³/mol. The summed E-state index contributed by atoms with van der Waals surface area (Å²) in [6, 6.07) is 16.2. The van der Waals surface area contributed by atoms with E-state index in [0.29, 0.717) is 33.7 Å². The van der Waals surface area contributed by atoms with Crippen molar-refractivity contribution in [3.8, 4) is 0 Å². The third kappa shape index (κ3) is 4.19. The molecule has 3 N–H and O–H groups in total. The number of fused-ring (bicyclic) bond motifs is 1. The van der Waals surface area contributed by atoms with E-state index in [1.54, 1.807) is 24.3 Å². The number of nitrogens with one attached hydrogen (secondary N) is 3. The number of carbonyl (C=O) groups excluding carboxylic acids is 3. The van der Waals surface area contributed by atoms with Gasteiger partial charge in [-0.15, -0.1) is 0 Å². The second-order valence-electron chi connectivity index (χ2n) is 7.97. The summed E-state index contributed by atoms with van der Waals surface area (Å²) in [5.41, 5.74) is 3.64. The Hall–Kier alpha value is -3.71. The molecule has 4 rings (SSSR count). The second kappa shape index (κ2) is 9.42. The van der Waals surface area contributed by atoms with Crippen molar-refractivity contribution in [1.29, 1.82) is 0 Å².